The maximum atomic E-state index is 11.6. The van der Waals surface area contributed by atoms with Gasteiger partial charge in [-0.25, -0.2) is 0 Å². The summed E-state index contributed by atoms with van der Waals surface area (Å²) in [6.45, 7) is 6.44. The Kier molecular flexibility index (Phi) is 4.20. The molecule has 0 unspecified atom stereocenters. The Labute approximate surface area is 113 Å². The van der Waals surface area contributed by atoms with Crippen LogP contribution < -0.4 is 0 Å². The predicted octanol–water partition coefficient (Wildman–Crippen LogP) is 2.80. The third-order valence-electron chi connectivity index (χ3n) is 3.41. The fourth-order valence-corrected chi connectivity index (χ4v) is 2.22. The molecular weight excluding hydrogens is 240 g/mol. The van der Waals surface area contributed by atoms with E-state index in [0.717, 1.165) is 29.8 Å². The van der Waals surface area contributed by atoms with Crippen molar-refractivity contribution in [3.05, 3.63) is 35.2 Å². The van der Waals surface area contributed by atoms with Crippen molar-refractivity contribution in [2.75, 3.05) is 6.61 Å². The van der Waals surface area contributed by atoms with Crippen molar-refractivity contribution in [1.82, 2.24) is 9.78 Å². The lowest BCUT2D eigenvalue weighted by atomic mass is 9.99. The zero-order valence-electron chi connectivity index (χ0n) is 11.8. The molecule has 0 radical (unpaired) electrons. The van der Waals surface area contributed by atoms with E-state index in [1.807, 2.05) is 13.8 Å². The van der Waals surface area contributed by atoms with E-state index >= 15 is 0 Å². The number of rotatable bonds is 4. The maximum absolute atomic E-state index is 11.6. The molecule has 0 spiro atoms. The molecule has 102 valence electrons. The quantitative estimate of drug-likeness (QED) is 0.782. The normalized spacial score (nSPS) is 14.4. The van der Waals surface area contributed by atoms with E-state index in [2.05, 4.69) is 30.3 Å². The minimum absolute atomic E-state index is 0.184. The van der Waals surface area contributed by atoms with Crippen molar-refractivity contribution in [3.63, 3.8) is 0 Å². The second kappa shape index (κ2) is 5.87. The van der Waals surface area contributed by atoms with Gasteiger partial charge in [0.25, 0.3) is 0 Å². The fraction of sp³-hybridized carbons (Fsp3) is 0.467. The molecule has 0 saturated heterocycles. The summed E-state index contributed by atoms with van der Waals surface area (Å²) in [6, 6.07) is 0. The highest BCUT2D eigenvalue weighted by Gasteiger charge is 2.16. The van der Waals surface area contributed by atoms with Crippen LogP contribution in [-0.4, -0.2) is 22.4 Å². The number of esters is 1. The summed E-state index contributed by atoms with van der Waals surface area (Å²) < 4.78 is 6.71. The van der Waals surface area contributed by atoms with Crippen LogP contribution in [0.2, 0.25) is 0 Å². The van der Waals surface area contributed by atoms with Gasteiger partial charge in [0.05, 0.1) is 12.3 Å². The third-order valence-corrected chi connectivity index (χ3v) is 3.41. The van der Waals surface area contributed by atoms with Crippen LogP contribution in [0.4, 0.5) is 0 Å². The van der Waals surface area contributed by atoms with Crippen LogP contribution in [0.3, 0.4) is 0 Å². The van der Waals surface area contributed by atoms with Crippen molar-refractivity contribution in [2.45, 2.75) is 40.2 Å². The average Bonchev–Trinajstić information content (AvgIpc) is 2.68. The monoisotopic (exact) mass is 260 g/mol. The second-order valence-corrected chi connectivity index (χ2v) is 4.68. The van der Waals surface area contributed by atoms with Gasteiger partial charge in [0.2, 0.25) is 0 Å². The Balaban J connectivity index is 2.25. The predicted molar refractivity (Wildman–Crippen MR) is 74.7 cm³/mol. The first-order valence-corrected chi connectivity index (χ1v) is 6.69. The molecule has 1 heterocycles. The zero-order valence-corrected chi connectivity index (χ0v) is 11.8. The Morgan fingerprint density at radius 3 is 2.89 bits per heavy atom. The first kappa shape index (κ1) is 13.6. The number of carbonyl (C=O) groups is 1. The van der Waals surface area contributed by atoms with E-state index in [1.54, 1.807) is 4.68 Å². The summed E-state index contributed by atoms with van der Waals surface area (Å²) in [6.07, 6.45) is 8.38. The summed E-state index contributed by atoms with van der Waals surface area (Å²) in [4.78, 5) is 11.6. The molecule has 0 fully saturated rings. The number of nitrogens with zero attached hydrogens (tertiary/aromatic N) is 2. The summed E-state index contributed by atoms with van der Waals surface area (Å²) in [5.74, 6) is -0.239. The molecule has 0 atom stereocenters. The molecule has 1 aromatic heterocycles. The van der Waals surface area contributed by atoms with Crippen LogP contribution in [0, 0.1) is 13.8 Å². The number of hydrogen-bond donors (Lipinski definition) is 0. The molecule has 1 aliphatic carbocycles. The minimum Gasteiger partial charge on any atom is -0.465 e. The smallest absolute Gasteiger partial charge is 0.327 e. The van der Waals surface area contributed by atoms with E-state index in [9.17, 15) is 4.79 Å². The highest BCUT2D eigenvalue weighted by Crippen LogP contribution is 2.26. The van der Waals surface area contributed by atoms with Crippen LogP contribution in [0.1, 0.15) is 36.7 Å². The Morgan fingerprint density at radius 2 is 2.26 bits per heavy atom. The highest BCUT2D eigenvalue weighted by molar-refractivity contribution is 5.71. The lowest BCUT2D eigenvalue weighted by molar-refractivity contribution is -0.144. The average molecular weight is 260 g/mol. The Hall–Kier alpha value is -1.84. The number of carbonyl (C=O) groups excluding carboxylic acids is 1. The van der Waals surface area contributed by atoms with E-state index < -0.39 is 0 Å². The van der Waals surface area contributed by atoms with Crippen LogP contribution in [0.25, 0.3) is 5.57 Å². The van der Waals surface area contributed by atoms with Crippen molar-refractivity contribution >= 4 is 11.5 Å². The zero-order chi connectivity index (χ0) is 13.8. The van der Waals surface area contributed by atoms with Crippen LogP contribution in [0.15, 0.2) is 18.2 Å². The number of hydrogen-bond acceptors (Lipinski definition) is 3. The van der Waals surface area contributed by atoms with Gasteiger partial charge in [0, 0.05) is 5.69 Å². The molecule has 0 saturated carbocycles. The third kappa shape index (κ3) is 2.95. The van der Waals surface area contributed by atoms with Crippen LogP contribution >= 0.6 is 0 Å². The molecule has 2 rings (SSSR count). The Morgan fingerprint density at radius 1 is 1.47 bits per heavy atom. The van der Waals surface area contributed by atoms with Crippen LogP contribution in [0.5, 0.6) is 0 Å². The van der Waals surface area contributed by atoms with E-state index in [0.29, 0.717) is 6.61 Å². The van der Waals surface area contributed by atoms with Gasteiger partial charge in [-0.3, -0.25) is 9.48 Å². The van der Waals surface area contributed by atoms with Gasteiger partial charge in [0.15, 0.2) is 0 Å². The lowest BCUT2D eigenvalue weighted by Crippen LogP contribution is -2.15. The first-order valence-electron chi connectivity index (χ1n) is 6.69. The van der Waals surface area contributed by atoms with E-state index in [-0.39, 0.29) is 12.5 Å². The van der Waals surface area contributed by atoms with Gasteiger partial charge in [-0.05, 0) is 44.7 Å². The lowest BCUT2D eigenvalue weighted by Gasteiger charge is -2.06. The van der Waals surface area contributed by atoms with Crippen LogP contribution in [-0.2, 0) is 16.1 Å². The molecule has 4 heteroatoms. The summed E-state index contributed by atoms with van der Waals surface area (Å²) >= 11 is 0. The number of allylic oxidation sites excluding steroid dienone is 4. The largest absolute Gasteiger partial charge is 0.465 e. The van der Waals surface area contributed by atoms with E-state index in [1.165, 1.54) is 5.57 Å². The molecule has 0 amide bonds. The Bertz CT molecular complexity index is 539. The molecule has 4 nitrogen and oxygen atoms in total. The summed E-state index contributed by atoms with van der Waals surface area (Å²) in [5, 5.41) is 4.57. The molecular formula is C15H20N2O2. The molecule has 1 aliphatic rings. The second-order valence-electron chi connectivity index (χ2n) is 4.68. The van der Waals surface area contributed by atoms with Gasteiger partial charge in [-0.15, -0.1) is 0 Å². The van der Waals surface area contributed by atoms with Gasteiger partial charge in [-0.2, -0.15) is 5.10 Å². The maximum Gasteiger partial charge on any atom is 0.327 e. The molecule has 0 aromatic carbocycles. The standard InChI is InChI=1S/C15H20N2O2/c1-4-19-14(18)10-17-12(3)11(2)15(16-17)13-8-6-5-7-9-13/h5-6,8H,4,7,9-10H2,1-3H3. The molecule has 0 aliphatic heterocycles. The van der Waals surface area contributed by atoms with Crippen molar-refractivity contribution < 1.29 is 9.53 Å². The summed E-state index contributed by atoms with van der Waals surface area (Å²) in [7, 11) is 0. The molecule has 1 aromatic rings. The SMILES string of the molecule is CCOC(=O)Cn1nc(C2=CC=CCC2)c(C)c1C. The van der Waals surface area contributed by atoms with Crippen molar-refractivity contribution in [3.8, 4) is 0 Å². The highest BCUT2D eigenvalue weighted by atomic mass is 16.5. The molecule has 19 heavy (non-hydrogen) atoms. The van der Waals surface area contributed by atoms with E-state index in [4.69, 9.17) is 4.74 Å². The summed E-state index contributed by atoms with van der Waals surface area (Å²) in [5.41, 5.74) is 4.42. The molecule has 0 bridgehead atoms. The number of ether oxygens (including phenoxy) is 1. The van der Waals surface area contributed by atoms with Gasteiger partial charge < -0.3 is 4.74 Å². The topological polar surface area (TPSA) is 44.1 Å². The van der Waals surface area contributed by atoms with Gasteiger partial charge in [-0.1, -0.05) is 18.2 Å². The van der Waals surface area contributed by atoms with Crippen molar-refractivity contribution in [2.24, 2.45) is 0 Å². The number of aromatic nitrogens is 2. The van der Waals surface area contributed by atoms with Crippen molar-refractivity contribution in [1.29, 1.82) is 0 Å². The fourth-order valence-electron chi connectivity index (χ4n) is 2.22. The molecule has 0 N–H and O–H groups in total. The minimum atomic E-state index is -0.239. The van der Waals surface area contributed by atoms with Gasteiger partial charge in [0.1, 0.15) is 6.54 Å². The first-order chi connectivity index (χ1) is 9.13. The van der Waals surface area contributed by atoms with Gasteiger partial charge >= 0.3 is 5.97 Å².